The highest BCUT2D eigenvalue weighted by Gasteiger charge is 1.99. The summed E-state index contributed by atoms with van der Waals surface area (Å²) in [6.45, 7) is 9.26. The van der Waals surface area contributed by atoms with Gasteiger partial charge in [-0.05, 0) is 35.8 Å². The van der Waals surface area contributed by atoms with Gasteiger partial charge in [-0.25, -0.2) is 0 Å². The third-order valence-electron chi connectivity index (χ3n) is 3.80. The fourth-order valence-electron chi connectivity index (χ4n) is 2.42. The van der Waals surface area contributed by atoms with Gasteiger partial charge in [-0.15, -0.1) is 0 Å². The number of hydrogen-bond acceptors (Lipinski definition) is 2. The van der Waals surface area contributed by atoms with Gasteiger partial charge in [-0.3, -0.25) is 0 Å². The van der Waals surface area contributed by atoms with Crippen LogP contribution in [0.2, 0.25) is 0 Å². The first-order valence-corrected chi connectivity index (χ1v) is 7.61. The minimum absolute atomic E-state index is 0.805. The number of hydrogen-bond donors (Lipinski definition) is 0. The Hall–Kier alpha value is -1.38. The van der Waals surface area contributed by atoms with Crippen molar-refractivity contribution in [1.82, 2.24) is 4.90 Å². The lowest BCUT2D eigenvalue weighted by Crippen LogP contribution is -2.27. The van der Waals surface area contributed by atoms with Gasteiger partial charge in [0.25, 0.3) is 0 Å². The minimum atomic E-state index is 0.805. The van der Waals surface area contributed by atoms with Crippen LogP contribution in [-0.2, 0) is 11.2 Å². The van der Waals surface area contributed by atoms with E-state index in [2.05, 4.69) is 61.2 Å². The van der Waals surface area contributed by atoms with Crippen LogP contribution in [0.5, 0.6) is 0 Å². The van der Waals surface area contributed by atoms with Crippen molar-refractivity contribution in [3.05, 3.63) is 48.0 Å². The molecule has 2 aromatic carbocycles. The van der Waals surface area contributed by atoms with Crippen molar-refractivity contribution in [1.29, 1.82) is 0 Å². The Morgan fingerprint density at radius 1 is 0.900 bits per heavy atom. The topological polar surface area (TPSA) is 12.5 Å². The van der Waals surface area contributed by atoms with Gasteiger partial charge in [0.2, 0.25) is 0 Å². The number of benzene rings is 2. The molecule has 0 radical (unpaired) electrons. The van der Waals surface area contributed by atoms with E-state index in [0.717, 1.165) is 39.3 Å². The van der Waals surface area contributed by atoms with Gasteiger partial charge in [0.05, 0.1) is 13.2 Å². The number of ether oxygens (including phenoxy) is 1. The van der Waals surface area contributed by atoms with Crippen molar-refractivity contribution in [3.8, 4) is 0 Å². The first-order chi connectivity index (χ1) is 9.83. The zero-order valence-electron chi connectivity index (χ0n) is 12.6. The normalized spacial score (nSPS) is 11.3. The molecule has 2 heteroatoms. The summed E-state index contributed by atoms with van der Waals surface area (Å²) in [6.07, 6.45) is 0.989. The van der Waals surface area contributed by atoms with E-state index in [1.165, 1.54) is 16.3 Å². The molecule has 20 heavy (non-hydrogen) atoms. The van der Waals surface area contributed by atoms with Crippen LogP contribution in [0.25, 0.3) is 10.8 Å². The molecule has 2 rings (SSSR count). The zero-order valence-corrected chi connectivity index (χ0v) is 12.6. The fourth-order valence-corrected chi connectivity index (χ4v) is 2.42. The number of likely N-dealkylation sites (N-methyl/N-ethyl adjacent to an activating group) is 1. The molecule has 0 saturated heterocycles. The molecule has 0 spiro atoms. The highest BCUT2D eigenvalue weighted by molar-refractivity contribution is 5.82. The molecule has 0 bridgehead atoms. The smallest absolute Gasteiger partial charge is 0.0593 e. The molecule has 0 aliphatic rings. The molecule has 0 N–H and O–H groups in total. The predicted molar refractivity (Wildman–Crippen MR) is 86.3 cm³/mol. The number of rotatable bonds is 8. The highest BCUT2D eigenvalue weighted by Crippen LogP contribution is 2.15. The molecule has 0 heterocycles. The Labute approximate surface area is 122 Å². The van der Waals surface area contributed by atoms with Crippen LogP contribution in [0.3, 0.4) is 0 Å². The minimum Gasteiger partial charge on any atom is -0.380 e. The number of nitrogens with zero attached hydrogens (tertiary/aromatic N) is 1. The summed E-state index contributed by atoms with van der Waals surface area (Å²) in [5.74, 6) is 0. The molecule has 0 aromatic heterocycles. The molecule has 0 atom stereocenters. The summed E-state index contributed by atoms with van der Waals surface area (Å²) in [5, 5.41) is 2.62. The van der Waals surface area contributed by atoms with Crippen molar-refractivity contribution in [2.45, 2.75) is 20.3 Å². The van der Waals surface area contributed by atoms with E-state index in [-0.39, 0.29) is 0 Å². The van der Waals surface area contributed by atoms with E-state index in [9.17, 15) is 0 Å². The van der Waals surface area contributed by atoms with Crippen LogP contribution in [0.1, 0.15) is 19.4 Å². The van der Waals surface area contributed by atoms with E-state index in [1.54, 1.807) is 0 Å². The van der Waals surface area contributed by atoms with E-state index >= 15 is 0 Å². The summed E-state index contributed by atoms with van der Waals surface area (Å²) in [5.41, 5.74) is 1.35. The molecule has 0 unspecified atom stereocenters. The van der Waals surface area contributed by atoms with E-state index in [0.29, 0.717) is 0 Å². The van der Waals surface area contributed by atoms with Gasteiger partial charge >= 0.3 is 0 Å². The Morgan fingerprint density at radius 2 is 1.65 bits per heavy atom. The fraction of sp³-hybridized carbons (Fsp3) is 0.444. The van der Waals surface area contributed by atoms with Gasteiger partial charge in [-0.1, -0.05) is 56.3 Å². The Balaban J connectivity index is 1.75. The maximum Gasteiger partial charge on any atom is 0.0593 e. The SMILES string of the molecule is CCN(CC)CCOCCc1ccc2ccccc2c1. The summed E-state index contributed by atoms with van der Waals surface area (Å²) in [6, 6.07) is 15.2. The first-order valence-electron chi connectivity index (χ1n) is 7.61. The first kappa shape index (κ1) is 15.0. The van der Waals surface area contributed by atoms with Crippen LogP contribution >= 0.6 is 0 Å². The Morgan fingerprint density at radius 3 is 2.40 bits per heavy atom. The summed E-state index contributed by atoms with van der Waals surface area (Å²) >= 11 is 0. The van der Waals surface area contributed by atoms with Crippen molar-refractivity contribution in [3.63, 3.8) is 0 Å². The molecule has 2 nitrogen and oxygen atoms in total. The maximum absolute atomic E-state index is 5.74. The van der Waals surface area contributed by atoms with E-state index in [1.807, 2.05) is 0 Å². The second-order valence-electron chi connectivity index (χ2n) is 5.07. The summed E-state index contributed by atoms with van der Waals surface area (Å²) < 4.78 is 5.74. The van der Waals surface area contributed by atoms with Crippen LogP contribution in [0.4, 0.5) is 0 Å². The van der Waals surface area contributed by atoms with Crippen LogP contribution < -0.4 is 0 Å². The summed E-state index contributed by atoms with van der Waals surface area (Å²) in [4.78, 5) is 2.38. The number of fused-ring (bicyclic) bond motifs is 1. The average molecular weight is 271 g/mol. The Kier molecular flexibility index (Phi) is 6.03. The third kappa shape index (κ3) is 4.32. The van der Waals surface area contributed by atoms with Gasteiger partial charge in [0, 0.05) is 6.54 Å². The lowest BCUT2D eigenvalue weighted by Gasteiger charge is -2.17. The van der Waals surface area contributed by atoms with Gasteiger partial charge in [-0.2, -0.15) is 0 Å². The molecule has 108 valence electrons. The molecular weight excluding hydrogens is 246 g/mol. The lowest BCUT2D eigenvalue weighted by molar-refractivity contribution is 0.109. The van der Waals surface area contributed by atoms with Gasteiger partial charge in [0.15, 0.2) is 0 Å². The molecule has 0 fully saturated rings. The molecule has 0 aliphatic heterocycles. The third-order valence-corrected chi connectivity index (χ3v) is 3.80. The van der Waals surface area contributed by atoms with Crippen LogP contribution in [0.15, 0.2) is 42.5 Å². The highest BCUT2D eigenvalue weighted by atomic mass is 16.5. The largest absolute Gasteiger partial charge is 0.380 e. The quantitative estimate of drug-likeness (QED) is 0.678. The van der Waals surface area contributed by atoms with Crippen molar-refractivity contribution in [2.24, 2.45) is 0 Å². The van der Waals surface area contributed by atoms with Crippen molar-refractivity contribution >= 4 is 10.8 Å². The molecule has 0 saturated carbocycles. The molecule has 2 aromatic rings. The zero-order chi connectivity index (χ0) is 14.2. The van der Waals surface area contributed by atoms with Gasteiger partial charge < -0.3 is 9.64 Å². The van der Waals surface area contributed by atoms with E-state index < -0.39 is 0 Å². The second kappa shape index (κ2) is 8.03. The molecular formula is C18H25NO. The van der Waals surface area contributed by atoms with Crippen LogP contribution in [0, 0.1) is 0 Å². The van der Waals surface area contributed by atoms with Crippen molar-refractivity contribution < 1.29 is 4.74 Å². The van der Waals surface area contributed by atoms with Crippen LogP contribution in [-0.4, -0.2) is 37.7 Å². The van der Waals surface area contributed by atoms with E-state index in [4.69, 9.17) is 4.74 Å². The lowest BCUT2D eigenvalue weighted by atomic mass is 10.1. The maximum atomic E-state index is 5.74. The summed E-state index contributed by atoms with van der Waals surface area (Å²) in [7, 11) is 0. The van der Waals surface area contributed by atoms with Crippen molar-refractivity contribution in [2.75, 3.05) is 32.8 Å². The molecule has 0 aliphatic carbocycles. The second-order valence-corrected chi connectivity index (χ2v) is 5.07. The molecule has 0 amide bonds. The average Bonchev–Trinajstić information content (AvgIpc) is 2.51. The Bertz CT molecular complexity index is 520. The monoisotopic (exact) mass is 271 g/mol. The predicted octanol–water partition coefficient (Wildman–Crippen LogP) is 3.74. The van der Waals surface area contributed by atoms with Gasteiger partial charge in [0.1, 0.15) is 0 Å². The standard InChI is InChI=1S/C18H25NO/c1-3-19(4-2)12-14-20-13-11-16-9-10-17-7-5-6-8-18(17)15-16/h5-10,15H,3-4,11-14H2,1-2H3.